The van der Waals surface area contributed by atoms with Crippen LogP contribution in [0.2, 0.25) is 0 Å². The fourth-order valence-corrected chi connectivity index (χ4v) is 6.07. The first-order valence-electron chi connectivity index (χ1n) is 15.6. The summed E-state index contributed by atoms with van der Waals surface area (Å²) in [7, 11) is 0. The molecular weight excluding hydrogens is 560 g/mol. The molecule has 0 amide bonds. The first-order chi connectivity index (χ1) is 22.2. The minimum Gasteiger partial charge on any atom is -0.491 e. The van der Waals surface area contributed by atoms with Crippen molar-refractivity contribution in [2.45, 2.75) is 25.7 Å². The maximum absolute atomic E-state index is 6.65. The first kappa shape index (κ1) is 30.3. The Labute approximate surface area is 265 Å². The van der Waals surface area contributed by atoms with E-state index in [2.05, 4.69) is 92.2 Å². The number of fused-ring (bicyclic) bond motifs is 6. The third kappa shape index (κ3) is 6.68. The Balaban J connectivity index is 1.41. The quantitative estimate of drug-likeness (QED) is 0.0712. The van der Waals surface area contributed by atoms with E-state index in [1.165, 1.54) is 11.1 Å². The van der Waals surface area contributed by atoms with Gasteiger partial charge in [-0.3, -0.25) is 0 Å². The molecule has 0 spiro atoms. The van der Waals surface area contributed by atoms with E-state index in [9.17, 15) is 0 Å². The fourth-order valence-electron chi connectivity index (χ4n) is 6.07. The highest BCUT2D eigenvalue weighted by Crippen LogP contribution is 2.52. The third-order valence-electron chi connectivity index (χ3n) is 8.05. The van der Waals surface area contributed by atoms with Gasteiger partial charge in [-0.1, -0.05) is 73.9 Å². The molecule has 0 radical (unpaired) electrons. The van der Waals surface area contributed by atoms with Crippen LogP contribution in [-0.4, -0.2) is 39.6 Å². The normalized spacial score (nSPS) is 13.5. The molecule has 5 aromatic rings. The molecule has 1 heterocycles. The summed E-state index contributed by atoms with van der Waals surface area (Å²) in [6.07, 6.45) is 9.19. The number of ether oxygens (including phenoxy) is 5. The Hall–Kier alpha value is -4.76. The van der Waals surface area contributed by atoms with Gasteiger partial charge >= 0.3 is 0 Å². The predicted molar refractivity (Wildman–Crippen MR) is 181 cm³/mol. The van der Waals surface area contributed by atoms with Crippen LogP contribution in [0.5, 0.6) is 23.0 Å². The lowest BCUT2D eigenvalue weighted by molar-refractivity contribution is 0.121. The van der Waals surface area contributed by atoms with Crippen LogP contribution in [0.25, 0.3) is 21.5 Å². The van der Waals surface area contributed by atoms with E-state index in [1.54, 1.807) is 6.08 Å². The van der Waals surface area contributed by atoms with Gasteiger partial charge in [-0.05, 0) is 75.5 Å². The average Bonchev–Trinajstić information content (AvgIpc) is 3.07. The third-order valence-corrected chi connectivity index (χ3v) is 8.05. The minimum absolute atomic E-state index is 0.0326. The molecule has 6 rings (SSSR count). The number of aryl methyl sites for hydroxylation is 1. The van der Waals surface area contributed by atoms with Crippen molar-refractivity contribution in [1.82, 2.24) is 0 Å². The molecule has 0 bridgehead atoms. The van der Waals surface area contributed by atoms with E-state index in [-0.39, 0.29) is 12.5 Å². The first-order valence-corrected chi connectivity index (χ1v) is 15.6. The molecule has 0 saturated heterocycles. The number of terminal acetylenes is 1. The number of rotatable bonds is 14. The summed E-state index contributed by atoms with van der Waals surface area (Å²) >= 11 is 0. The highest BCUT2D eigenvalue weighted by Gasteiger charge is 2.32. The van der Waals surface area contributed by atoms with Gasteiger partial charge in [0.25, 0.3) is 0 Å². The van der Waals surface area contributed by atoms with Crippen LogP contribution in [0.1, 0.15) is 41.5 Å². The second kappa shape index (κ2) is 14.3. The zero-order valence-corrected chi connectivity index (χ0v) is 25.7. The van der Waals surface area contributed by atoms with Crippen LogP contribution in [0.4, 0.5) is 0 Å². The SMILES string of the molecule is C#CCOCCOc1ccc2c3c(ccc2c1)Oc1ccc2cc(OCCOCC=C)ccc2c1C3c1ccc(CCC)cc1. The summed E-state index contributed by atoms with van der Waals surface area (Å²) in [6, 6.07) is 30.0. The molecule has 0 aromatic heterocycles. The Morgan fingerprint density at radius 2 is 1.36 bits per heavy atom. The van der Waals surface area contributed by atoms with Crippen molar-refractivity contribution in [3.8, 4) is 35.3 Å². The smallest absolute Gasteiger partial charge is 0.132 e. The standard InChI is InChI=1S/C40H38O5/c1-4-7-28-8-10-29(11-9-28)38-39-34-16-14-32(43-24-22-41-20-5-2)26-30(34)12-18-36(39)45-37-19-13-31-27-33(15-17-35(31)40(37)38)44-25-23-42-21-6-3/h2,6,8-19,26-27,38H,3-4,7,20-25H2,1H3. The molecule has 5 nitrogen and oxygen atoms in total. The van der Waals surface area contributed by atoms with Gasteiger partial charge in [0.15, 0.2) is 0 Å². The average molecular weight is 599 g/mol. The topological polar surface area (TPSA) is 46.2 Å². The van der Waals surface area contributed by atoms with E-state index in [1.807, 2.05) is 12.1 Å². The summed E-state index contributed by atoms with van der Waals surface area (Å²) in [5, 5.41) is 4.46. The van der Waals surface area contributed by atoms with Crippen LogP contribution < -0.4 is 14.2 Å². The molecule has 0 N–H and O–H groups in total. The van der Waals surface area contributed by atoms with Gasteiger partial charge in [-0.2, -0.15) is 0 Å². The molecule has 228 valence electrons. The van der Waals surface area contributed by atoms with Crippen LogP contribution in [0.3, 0.4) is 0 Å². The zero-order valence-electron chi connectivity index (χ0n) is 25.7. The van der Waals surface area contributed by atoms with Gasteiger partial charge in [-0.25, -0.2) is 0 Å². The summed E-state index contributed by atoms with van der Waals surface area (Å²) in [6.45, 7) is 8.55. The Bertz CT molecular complexity index is 1830. The van der Waals surface area contributed by atoms with E-state index >= 15 is 0 Å². The van der Waals surface area contributed by atoms with Crippen molar-refractivity contribution < 1.29 is 23.7 Å². The Morgan fingerprint density at radius 1 is 0.756 bits per heavy atom. The second-order valence-electron chi connectivity index (χ2n) is 11.1. The molecular formula is C40H38O5. The molecule has 0 fully saturated rings. The van der Waals surface area contributed by atoms with Gasteiger partial charge < -0.3 is 23.7 Å². The van der Waals surface area contributed by atoms with Crippen LogP contribution in [0.15, 0.2) is 97.6 Å². The largest absolute Gasteiger partial charge is 0.491 e. The molecule has 0 saturated carbocycles. The molecule has 1 unspecified atom stereocenters. The van der Waals surface area contributed by atoms with Gasteiger partial charge in [0.1, 0.15) is 42.8 Å². The summed E-state index contributed by atoms with van der Waals surface area (Å²) < 4.78 is 29.5. The highest BCUT2D eigenvalue weighted by molar-refractivity contribution is 5.96. The molecule has 5 heteroatoms. The fraction of sp³-hybridized carbons (Fsp3) is 0.250. The molecule has 1 atom stereocenters. The zero-order chi connectivity index (χ0) is 31.0. The maximum Gasteiger partial charge on any atom is 0.132 e. The minimum atomic E-state index is -0.0326. The van der Waals surface area contributed by atoms with Crippen molar-refractivity contribution in [3.05, 3.63) is 120 Å². The molecule has 0 aliphatic carbocycles. The lowest BCUT2D eigenvalue weighted by atomic mass is 9.78. The molecule has 1 aliphatic rings. The van der Waals surface area contributed by atoms with Gasteiger partial charge in [0.2, 0.25) is 0 Å². The van der Waals surface area contributed by atoms with Crippen molar-refractivity contribution in [2.24, 2.45) is 0 Å². The van der Waals surface area contributed by atoms with Gasteiger partial charge in [-0.15, -0.1) is 13.0 Å². The number of hydrogen-bond acceptors (Lipinski definition) is 5. The monoisotopic (exact) mass is 598 g/mol. The second-order valence-corrected chi connectivity index (χ2v) is 11.1. The lowest BCUT2D eigenvalue weighted by Crippen LogP contribution is -2.13. The van der Waals surface area contributed by atoms with Crippen LogP contribution in [-0.2, 0) is 15.9 Å². The molecule has 1 aliphatic heterocycles. The Morgan fingerprint density at radius 3 is 1.91 bits per heavy atom. The van der Waals surface area contributed by atoms with E-state index in [0.717, 1.165) is 68.5 Å². The number of hydrogen-bond donors (Lipinski definition) is 0. The molecule has 45 heavy (non-hydrogen) atoms. The van der Waals surface area contributed by atoms with Crippen molar-refractivity contribution >= 4 is 21.5 Å². The summed E-state index contributed by atoms with van der Waals surface area (Å²) in [5.41, 5.74) is 4.88. The summed E-state index contributed by atoms with van der Waals surface area (Å²) in [5.74, 6) is 5.78. The van der Waals surface area contributed by atoms with E-state index < -0.39 is 0 Å². The van der Waals surface area contributed by atoms with Crippen molar-refractivity contribution in [3.63, 3.8) is 0 Å². The molecule has 5 aromatic carbocycles. The van der Waals surface area contributed by atoms with E-state index in [0.29, 0.717) is 33.0 Å². The van der Waals surface area contributed by atoms with Crippen molar-refractivity contribution in [2.75, 3.05) is 39.6 Å². The van der Waals surface area contributed by atoms with E-state index in [4.69, 9.17) is 30.1 Å². The lowest BCUT2D eigenvalue weighted by Gasteiger charge is -2.31. The van der Waals surface area contributed by atoms with Gasteiger partial charge in [0.05, 0.1) is 19.8 Å². The highest BCUT2D eigenvalue weighted by atomic mass is 16.5. The number of benzene rings is 5. The summed E-state index contributed by atoms with van der Waals surface area (Å²) in [4.78, 5) is 0. The predicted octanol–water partition coefficient (Wildman–Crippen LogP) is 8.84. The van der Waals surface area contributed by atoms with Crippen molar-refractivity contribution in [1.29, 1.82) is 0 Å². The maximum atomic E-state index is 6.65. The van der Waals surface area contributed by atoms with Crippen LogP contribution in [0, 0.1) is 12.3 Å². The Kier molecular flexibility index (Phi) is 9.65. The van der Waals surface area contributed by atoms with Crippen LogP contribution >= 0.6 is 0 Å². The van der Waals surface area contributed by atoms with Gasteiger partial charge in [0, 0.05) is 17.0 Å².